The maximum atomic E-state index is 6.16. The Morgan fingerprint density at radius 3 is 2.82 bits per heavy atom. The first kappa shape index (κ1) is 12.7. The van der Waals surface area contributed by atoms with E-state index in [0.29, 0.717) is 9.69 Å². The third-order valence-corrected chi connectivity index (χ3v) is 3.22. The number of nitrogens with zero attached hydrogens (tertiary/aromatic N) is 2. The van der Waals surface area contributed by atoms with Crippen LogP contribution in [0.1, 0.15) is 24.4 Å². The summed E-state index contributed by atoms with van der Waals surface area (Å²) in [6, 6.07) is 3.69. The third kappa shape index (κ3) is 2.56. The largest absolute Gasteiger partial charge is 0.452 e. The molecule has 1 unspecified atom stereocenters. The van der Waals surface area contributed by atoms with Crippen molar-refractivity contribution in [1.82, 2.24) is 15.1 Å². The van der Waals surface area contributed by atoms with E-state index < -0.39 is 0 Å². The molecule has 2 heterocycles. The van der Waals surface area contributed by atoms with E-state index in [1.54, 1.807) is 10.9 Å². The fourth-order valence-electron chi connectivity index (χ4n) is 1.76. The second kappa shape index (κ2) is 5.25. The maximum absolute atomic E-state index is 6.16. The van der Waals surface area contributed by atoms with Gasteiger partial charge in [0.2, 0.25) is 0 Å². The van der Waals surface area contributed by atoms with Crippen LogP contribution in [0.2, 0.25) is 5.02 Å². The molecular weight excluding hydrogens is 305 g/mol. The standard InChI is InChI=1S/C11H13BrClN3O/c1-3-14-10(8-4-5-9(12)17-8)11-7(13)6-15-16(11)2/h4-6,10,14H,3H2,1-2H3. The van der Waals surface area contributed by atoms with Crippen LogP contribution in [0.5, 0.6) is 0 Å². The smallest absolute Gasteiger partial charge is 0.169 e. The number of hydrogen-bond acceptors (Lipinski definition) is 3. The average Bonchev–Trinajstić information content (AvgIpc) is 2.84. The van der Waals surface area contributed by atoms with Crippen LogP contribution in [0.4, 0.5) is 0 Å². The van der Waals surface area contributed by atoms with Crippen molar-refractivity contribution in [3.63, 3.8) is 0 Å². The first-order valence-corrected chi connectivity index (χ1v) is 6.46. The Bertz CT molecular complexity index is 489. The van der Waals surface area contributed by atoms with E-state index in [9.17, 15) is 0 Å². The molecule has 0 aliphatic carbocycles. The molecule has 0 aliphatic rings. The maximum Gasteiger partial charge on any atom is 0.169 e. The number of aromatic nitrogens is 2. The topological polar surface area (TPSA) is 43.0 Å². The number of halogens is 2. The molecule has 92 valence electrons. The zero-order valence-electron chi connectivity index (χ0n) is 9.58. The van der Waals surface area contributed by atoms with Gasteiger partial charge >= 0.3 is 0 Å². The van der Waals surface area contributed by atoms with Crippen molar-refractivity contribution in [2.75, 3.05) is 6.54 Å². The van der Waals surface area contributed by atoms with Crippen LogP contribution in [0.15, 0.2) is 27.4 Å². The second-order valence-corrected chi connectivity index (χ2v) is 4.82. The van der Waals surface area contributed by atoms with Gasteiger partial charge in [0.1, 0.15) is 11.8 Å². The van der Waals surface area contributed by atoms with E-state index in [-0.39, 0.29) is 6.04 Å². The van der Waals surface area contributed by atoms with Crippen LogP contribution >= 0.6 is 27.5 Å². The van der Waals surface area contributed by atoms with E-state index in [2.05, 4.69) is 26.3 Å². The summed E-state index contributed by atoms with van der Waals surface area (Å²) in [7, 11) is 1.86. The Balaban J connectivity index is 2.42. The minimum atomic E-state index is -0.0914. The Morgan fingerprint density at radius 1 is 1.59 bits per heavy atom. The predicted octanol–water partition coefficient (Wildman–Crippen LogP) is 3.13. The summed E-state index contributed by atoms with van der Waals surface area (Å²) in [5.74, 6) is 0.809. The molecule has 0 saturated heterocycles. The predicted molar refractivity (Wildman–Crippen MR) is 70.1 cm³/mol. The van der Waals surface area contributed by atoms with Gasteiger partial charge in [-0.2, -0.15) is 5.10 Å². The van der Waals surface area contributed by atoms with Gasteiger partial charge < -0.3 is 9.73 Å². The van der Waals surface area contributed by atoms with Crippen molar-refractivity contribution in [2.45, 2.75) is 13.0 Å². The molecule has 0 radical (unpaired) electrons. The van der Waals surface area contributed by atoms with Crippen molar-refractivity contribution < 1.29 is 4.42 Å². The molecule has 0 amide bonds. The van der Waals surface area contributed by atoms with Gasteiger partial charge in [0.25, 0.3) is 0 Å². The molecule has 1 atom stereocenters. The van der Waals surface area contributed by atoms with Crippen molar-refractivity contribution >= 4 is 27.5 Å². The Hall–Kier alpha value is -0.780. The number of furan rings is 1. The van der Waals surface area contributed by atoms with Gasteiger partial charge in [-0.1, -0.05) is 18.5 Å². The first-order chi connectivity index (χ1) is 8.13. The minimum absolute atomic E-state index is 0.0914. The third-order valence-electron chi connectivity index (χ3n) is 2.50. The molecule has 1 N–H and O–H groups in total. The molecule has 0 saturated carbocycles. The normalized spacial score (nSPS) is 12.9. The van der Waals surface area contributed by atoms with Crippen LogP contribution in [-0.4, -0.2) is 16.3 Å². The van der Waals surface area contributed by atoms with E-state index >= 15 is 0 Å². The van der Waals surface area contributed by atoms with Crippen LogP contribution < -0.4 is 5.32 Å². The van der Waals surface area contributed by atoms with Gasteiger partial charge in [0.15, 0.2) is 4.67 Å². The highest BCUT2D eigenvalue weighted by Gasteiger charge is 2.22. The quantitative estimate of drug-likeness (QED) is 0.942. The molecule has 6 heteroatoms. The van der Waals surface area contributed by atoms with Gasteiger partial charge in [0.05, 0.1) is 16.9 Å². The zero-order valence-corrected chi connectivity index (χ0v) is 11.9. The summed E-state index contributed by atoms with van der Waals surface area (Å²) in [5.41, 5.74) is 0.898. The van der Waals surface area contributed by atoms with Crippen molar-refractivity contribution in [3.8, 4) is 0 Å². The van der Waals surface area contributed by atoms with E-state index in [1.165, 1.54) is 0 Å². The molecule has 0 spiro atoms. The van der Waals surface area contributed by atoms with Crippen molar-refractivity contribution in [2.24, 2.45) is 7.05 Å². The SMILES string of the molecule is CCNC(c1ccc(Br)o1)c1c(Cl)cnn1C. The fourth-order valence-corrected chi connectivity index (χ4v) is 2.36. The number of rotatable bonds is 4. The fraction of sp³-hybridized carbons (Fsp3) is 0.364. The minimum Gasteiger partial charge on any atom is -0.452 e. The Morgan fingerprint density at radius 2 is 2.35 bits per heavy atom. The number of hydrogen-bond donors (Lipinski definition) is 1. The lowest BCUT2D eigenvalue weighted by atomic mass is 10.1. The lowest BCUT2D eigenvalue weighted by Crippen LogP contribution is -2.24. The molecule has 0 fully saturated rings. The molecule has 2 aromatic rings. The summed E-state index contributed by atoms with van der Waals surface area (Å²) >= 11 is 9.46. The molecular formula is C11H13BrClN3O. The van der Waals surface area contributed by atoms with Gasteiger partial charge in [-0.05, 0) is 34.6 Å². The molecule has 4 nitrogen and oxygen atoms in total. The summed E-state index contributed by atoms with van der Waals surface area (Å²) in [5, 5.41) is 8.11. The molecule has 2 aromatic heterocycles. The Labute approximate surface area is 113 Å². The zero-order chi connectivity index (χ0) is 12.4. The van der Waals surface area contributed by atoms with Gasteiger partial charge in [-0.15, -0.1) is 0 Å². The highest BCUT2D eigenvalue weighted by molar-refractivity contribution is 9.10. The number of aryl methyl sites for hydroxylation is 1. The molecule has 0 aliphatic heterocycles. The highest BCUT2D eigenvalue weighted by atomic mass is 79.9. The summed E-state index contributed by atoms with van der Waals surface area (Å²) in [6.07, 6.45) is 1.64. The van der Waals surface area contributed by atoms with E-state index in [4.69, 9.17) is 16.0 Å². The summed E-state index contributed by atoms with van der Waals surface area (Å²) < 4.78 is 8.04. The first-order valence-electron chi connectivity index (χ1n) is 5.29. The molecule has 0 bridgehead atoms. The molecule has 17 heavy (non-hydrogen) atoms. The van der Waals surface area contributed by atoms with Crippen molar-refractivity contribution in [1.29, 1.82) is 0 Å². The number of nitrogens with one attached hydrogen (secondary N) is 1. The summed E-state index contributed by atoms with van der Waals surface area (Å²) in [6.45, 7) is 2.85. The monoisotopic (exact) mass is 317 g/mol. The van der Waals surface area contributed by atoms with Crippen molar-refractivity contribution in [3.05, 3.63) is 39.5 Å². The van der Waals surface area contributed by atoms with Gasteiger partial charge in [-0.25, -0.2) is 0 Å². The lowest BCUT2D eigenvalue weighted by Gasteiger charge is -2.16. The Kier molecular flexibility index (Phi) is 3.91. The van der Waals surface area contributed by atoms with E-state index in [0.717, 1.165) is 18.0 Å². The van der Waals surface area contributed by atoms with Crippen LogP contribution in [0.25, 0.3) is 0 Å². The summed E-state index contributed by atoms with van der Waals surface area (Å²) in [4.78, 5) is 0. The van der Waals surface area contributed by atoms with Crippen LogP contribution in [0.3, 0.4) is 0 Å². The van der Waals surface area contributed by atoms with E-state index in [1.807, 2.05) is 26.1 Å². The second-order valence-electron chi connectivity index (χ2n) is 3.63. The molecule has 0 aromatic carbocycles. The lowest BCUT2D eigenvalue weighted by molar-refractivity contribution is 0.425. The average molecular weight is 319 g/mol. The van der Waals surface area contributed by atoms with Gasteiger partial charge in [0, 0.05) is 7.05 Å². The van der Waals surface area contributed by atoms with Crippen LogP contribution in [-0.2, 0) is 7.05 Å². The van der Waals surface area contributed by atoms with Crippen LogP contribution in [0, 0.1) is 0 Å². The molecule has 2 rings (SSSR count). The highest BCUT2D eigenvalue weighted by Crippen LogP contribution is 2.30. The van der Waals surface area contributed by atoms with Gasteiger partial charge in [-0.3, -0.25) is 4.68 Å².